The summed E-state index contributed by atoms with van der Waals surface area (Å²) in [6.07, 6.45) is -3.40. The smallest absolute Gasteiger partial charge is 0.449 e. The van der Waals surface area contributed by atoms with Gasteiger partial charge in [0.15, 0.2) is 0 Å². The van der Waals surface area contributed by atoms with E-state index < -0.39 is 12.0 Å². The number of aromatic hydroxyl groups is 1. The quantitative estimate of drug-likeness (QED) is 0.807. The maximum Gasteiger partial charge on any atom is 0.449 e. The lowest BCUT2D eigenvalue weighted by molar-refractivity contribution is -0.144. The van der Waals surface area contributed by atoms with Crippen LogP contribution in [0.4, 0.5) is 13.2 Å². The fourth-order valence-electron chi connectivity index (χ4n) is 1.39. The minimum absolute atomic E-state index is 0.0330. The van der Waals surface area contributed by atoms with Crippen LogP contribution in [0.5, 0.6) is 5.75 Å². The Hall–Kier alpha value is -1.98. The topological polar surface area (TPSA) is 48.9 Å². The Morgan fingerprint density at radius 1 is 1.29 bits per heavy atom. The first-order valence-electron chi connectivity index (χ1n) is 4.80. The zero-order valence-electron chi connectivity index (χ0n) is 8.84. The number of H-pyrrole nitrogens is 1. The zero-order valence-corrected chi connectivity index (χ0v) is 8.84. The van der Waals surface area contributed by atoms with Crippen molar-refractivity contribution in [3.05, 3.63) is 35.8 Å². The number of phenols is 1. The Kier molecular flexibility index (Phi) is 2.57. The van der Waals surface area contributed by atoms with Crippen LogP contribution in [-0.2, 0) is 6.18 Å². The van der Waals surface area contributed by atoms with Crippen molar-refractivity contribution in [2.75, 3.05) is 0 Å². The molecule has 0 bridgehead atoms. The van der Waals surface area contributed by atoms with Crippen LogP contribution < -0.4 is 0 Å². The fraction of sp³-hybridized carbons (Fsp3) is 0.182. The highest BCUT2D eigenvalue weighted by Crippen LogP contribution is 2.30. The second kappa shape index (κ2) is 3.80. The van der Waals surface area contributed by atoms with Crippen LogP contribution in [0.1, 0.15) is 11.4 Å². The molecule has 17 heavy (non-hydrogen) atoms. The minimum atomic E-state index is -4.50. The standard InChI is InChI=1S/C11H9F3N2O/c1-6-2-3-7(4-9(6)17)8-5-15-10(16-8)11(12,13)14/h2-5,17H,1H3,(H,15,16). The second-order valence-corrected chi connectivity index (χ2v) is 3.64. The van der Waals surface area contributed by atoms with Crippen molar-refractivity contribution in [1.29, 1.82) is 0 Å². The van der Waals surface area contributed by atoms with Crippen molar-refractivity contribution in [3.63, 3.8) is 0 Å². The van der Waals surface area contributed by atoms with Gasteiger partial charge in [-0.3, -0.25) is 0 Å². The van der Waals surface area contributed by atoms with Crippen LogP contribution in [0, 0.1) is 6.92 Å². The van der Waals surface area contributed by atoms with E-state index in [1.807, 2.05) is 0 Å². The molecule has 2 N–H and O–H groups in total. The molecule has 0 saturated heterocycles. The number of hydrogen-bond acceptors (Lipinski definition) is 2. The Balaban J connectivity index is 2.40. The maximum absolute atomic E-state index is 12.3. The molecule has 0 saturated carbocycles. The molecule has 0 spiro atoms. The van der Waals surface area contributed by atoms with Crippen molar-refractivity contribution >= 4 is 0 Å². The number of phenolic OH excluding ortho intramolecular Hbond substituents is 1. The lowest BCUT2D eigenvalue weighted by Gasteiger charge is -2.03. The molecule has 0 unspecified atom stereocenters. The molecule has 90 valence electrons. The first kappa shape index (κ1) is 11.5. The van der Waals surface area contributed by atoms with Gasteiger partial charge in [0.05, 0.1) is 11.9 Å². The summed E-state index contributed by atoms with van der Waals surface area (Å²) in [6, 6.07) is 4.63. The number of aryl methyl sites for hydroxylation is 1. The van der Waals surface area contributed by atoms with E-state index in [1.165, 1.54) is 6.07 Å². The molecule has 0 aliphatic carbocycles. The molecule has 0 aliphatic rings. The van der Waals surface area contributed by atoms with Gasteiger partial charge in [-0.05, 0) is 18.6 Å². The highest BCUT2D eigenvalue weighted by molar-refractivity contribution is 5.61. The monoisotopic (exact) mass is 242 g/mol. The molecule has 0 radical (unpaired) electrons. The molecular formula is C11H9F3N2O. The Bertz CT molecular complexity index is 546. The molecule has 0 aliphatic heterocycles. The number of aromatic nitrogens is 2. The lowest BCUT2D eigenvalue weighted by Crippen LogP contribution is -2.07. The Labute approximate surface area is 94.9 Å². The molecule has 2 rings (SSSR count). The molecule has 1 aromatic heterocycles. The average Bonchev–Trinajstić information content (AvgIpc) is 2.70. The number of nitrogens with zero attached hydrogens (tertiary/aromatic N) is 1. The Morgan fingerprint density at radius 2 is 2.00 bits per heavy atom. The number of imidazole rings is 1. The van der Waals surface area contributed by atoms with Gasteiger partial charge in [0.2, 0.25) is 5.82 Å². The van der Waals surface area contributed by atoms with Crippen LogP contribution in [0.3, 0.4) is 0 Å². The summed E-state index contributed by atoms with van der Waals surface area (Å²) < 4.78 is 37.0. The summed E-state index contributed by atoms with van der Waals surface area (Å²) in [7, 11) is 0. The van der Waals surface area contributed by atoms with E-state index in [0.29, 0.717) is 11.1 Å². The van der Waals surface area contributed by atoms with Gasteiger partial charge in [-0.25, -0.2) is 4.98 Å². The summed E-state index contributed by atoms with van der Waals surface area (Å²) in [5, 5.41) is 9.47. The SMILES string of the molecule is Cc1ccc(-c2cnc(C(F)(F)F)[nH]2)cc1O. The molecule has 0 atom stereocenters. The Morgan fingerprint density at radius 3 is 2.53 bits per heavy atom. The molecule has 0 fully saturated rings. The van der Waals surface area contributed by atoms with Gasteiger partial charge in [0.25, 0.3) is 0 Å². The number of alkyl halides is 3. The molecule has 1 aromatic carbocycles. The first-order chi connectivity index (χ1) is 7.88. The number of hydrogen-bond donors (Lipinski definition) is 2. The number of nitrogens with one attached hydrogen (secondary N) is 1. The van der Waals surface area contributed by atoms with Gasteiger partial charge >= 0.3 is 6.18 Å². The van der Waals surface area contributed by atoms with E-state index in [1.54, 1.807) is 19.1 Å². The summed E-state index contributed by atoms with van der Waals surface area (Å²) in [5.74, 6) is -1.02. The summed E-state index contributed by atoms with van der Waals surface area (Å²) >= 11 is 0. The molecule has 2 aromatic rings. The second-order valence-electron chi connectivity index (χ2n) is 3.64. The van der Waals surface area contributed by atoms with Crippen LogP contribution >= 0.6 is 0 Å². The fourth-order valence-corrected chi connectivity index (χ4v) is 1.39. The lowest BCUT2D eigenvalue weighted by atomic mass is 10.1. The number of benzene rings is 1. The van der Waals surface area contributed by atoms with Crippen LogP contribution in [0.2, 0.25) is 0 Å². The maximum atomic E-state index is 12.3. The largest absolute Gasteiger partial charge is 0.508 e. The van der Waals surface area contributed by atoms with Gasteiger partial charge < -0.3 is 10.1 Å². The van der Waals surface area contributed by atoms with Gasteiger partial charge in [-0.15, -0.1) is 0 Å². The van der Waals surface area contributed by atoms with Crippen molar-refractivity contribution < 1.29 is 18.3 Å². The van der Waals surface area contributed by atoms with Gasteiger partial charge in [0.1, 0.15) is 5.75 Å². The third-order valence-electron chi connectivity index (χ3n) is 2.36. The van der Waals surface area contributed by atoms with Crippen LogP contribution in [-0.4, -0.2) is 15.1 Å². The molecule has 1 heterocycles. The molecular weight excluding hydrogens is 233 g/mol. The first-order valence-corrected chi connectivity index (χ1v) is 4.80. The molecule has 0 amide bonds. The highest BCUT2D eigenvalue weighted by atomic mass is 19.4. The summed E-state index contributed by atoms with van der Waals surface area (Å²) in [4.78, 5) is 5.42. The van der Waals surface area contributed by atoms with E-state index >= 15 is 0 Å². The van der Waals surface area contributed by atoms with Gasteiger partial charge in [-0.2, -0.15) is 13.2 Å². The van der Waals surface area contributed by atoms with Crippen molar-refractivity contribution in [2.24, 2.45) is 0 Å². The van der Waals surface area contributed by atoms with Crippen molar-refractivity contribution in [1.82, 2.24) is 9.97 Å². The van der Waals surface area contributed by atoms with Gasteiger partial charge in [-0.1, -0.05) is 12.1 Å². The van der Waals surface area contributed by atoms with Crippen LogP contribution in [0.25, 0.3) is 11.3 Å². The van der Waals surface area contributed by atoms with Crippen molar-refractivity contribution in [2.45, 2.75) is 13.1 Å². The summed E-state index contributed by atoms with van der Waals surface area (Å²) in [6.45, 7) is 1.70. The number of aromatic amines is 1. The average molecular weight is 242 g/mol. The number of halogens is 3. The van der Waals surface area contributed by atoms with E-state index in [9.17, 15) is 18.3 Å². The normalized spacial score (nSPS) is 11.8. The van der Waals surface area contributed by atoms with E-state index in [4.69, 9.17) is 0 Å². The van der Waals surface area contributed by atoms with Crippen LogP contribution in [0.15, 0.2) is 24.4 Å². The van der Waals surface area contributed by atoms with Crippen molar-refractivity contribution in [3.8, 4) is 17.0 Å². The van der Waals surface area contributed by atoms with Gasteiger partial charge in [0, 0.05) is 5.56 Å². The summed E-state index contributed by atoms with van der Waals surface area (Å²) in [5.41, 5.74) is 1.33. The zero-order chi connectivity index (χ0) is 12.6. The van der Waals surface area contributed by atoms with E-state index in [-0.39, 0.29) is 11.4 Å². The third-order valence-corrected chi connectivity index (χ3v) is 2.36. The predicted octanol–water partition coefficient (Wildman–Crippen LogP) is 3.11. The van der Waals surface area contributed by atoms with E-state index in [0.717, 1.165) is 6.20 Å². The predicted molar refractivity (Wildman–Crippen MR) is 55.4 cm³/mol. The third kappa shape index (κ3) is 2.25. The molecule has 6 heteroatoms. The highest BCUT2D eigenvalue weighted by Gasteiger charge is 2.34. The molecule has 3 nitrogen and oxygen atoms in total. The van der Waals surface area contributed by atoms with E-state index in [2.05, 4.69) is 9.97 Å². The number of rotatable bonds is 1. The minimum Gasteiger partial charge on any atom is -0.508 e.